The average Bonchev–Trinajstić information content (AvgIpc) is 2.70. The Bertz CT molecular complexity index is 481. The van der Waals surface area contributed by atoms with Crippen LogP contribution in [-0.2, 0) is 11.3 Å². The van der Waals surface area contributed by atoms with Gasteiger partial charge in [0.15, 0.2) is 0 Å². The van der Waals surface area contributed by atoms with Gasteiger partial charge in [-0.15, -0.1) is 11.3 Å². The Balaban J connectivity index is 2.71. The molecule has 0 aliphatic rings. The third-order valence-corrected chi connectivity index (χ3v) is 2.94. The Morgan fingerprint density at radius 1 is 1.15 bits per heavy atom. The summed E-state index contributed by atoms with van der Waals surface area (Å²) in [7, 11) is 0. The number of alkyl halides is 6. The topological polar surface area (TPSA) is 35.2 Å². The Morgan fingerprint density at radius 2 is 1.75 bits per heavy atom. The molecule has 2 nitrogen and oxygen atoms in total. The van der Waals surface area contributed by atoms with Gasteiger partial charge in [-0.1, -0.05) is 11.8 Å². The maximum Gasteiger partial charge on any atom is 0.423 e. The predicted octanol–water partition coefficient (Wildman–Crippen LogP) is 3.07. The van der Waals surface area contributed by atoms with Gasteiger partial charge in [-0.25, -0.2) is 0 Å². The molecule has 1 aromatic heterocycles. The molecular formula is C11H9F6NOS. The van der Waals surface area contributed by atoms with Crippen LogP contribution in [0.3, 0.4) is 0 Å². The number of rotatable bonds is 3. The second kappa shape index (κ2) is 6.47. The quantitative estimate of drug-likeness (QED) is 0.687. The second-order valence-corrected chi connectivity index (χ2v) is 4.71. The van der Waals surface area contributed by atoms with E-state index < -0.39 is 25.1 Å². The summed E-state index contributed by atoms with van der Waals surface area (Å²) in [6.07, 6.45) is -14.8. The summed E-state index contributed by atoms with van der Waals surface area (Å²) in [5, 5.41) is 0. The lowest BCUT2D eigenvalue weighted by Gasteiger charge is -2.22. The summed E-state index contributed by atoms with van der Waals surface area (Å²) in [5.74, 6) is 5.13. The Labute approximate surface area is 114 Å². The molecule has 0 saturated heterocycles. The number of halogens is 6. The zero-order valence-electron chi connectivity index (χ0n) is 9.81. The van der Waals surface area contributed by atoms with Crippen molar-refractivity contribution in [1.82, 2.24) is 0 Å². The van der Waals surface area contributed by atoms with Crippen molar-refractivity contribution in [3.8, 4) is 11.8 Å². The zero-order chi connectivity index (χ0) is 15.4. The molecule has 0 unspecified atom stereocenters. The lowest BCUT2D eigenvalue weighted by Crippen LogP contribution is -2.44. The van der Waals surface area contributed by atoms with Crippen molar-refractivity contribution in [2.75, 3.05) is 6.54 Å². The number of thiophene rings is 1. The highest BCUT2D eigenvalue weighted by Crippen LogP contribution is 2.36. The average molecular weight is 317 g/mol. The van der Waals surface area contributed by atoms with Crippen LogP contribution in [0.15, 0.2) is 12.1 Å². The molecule has 1 heterocycles. The maximum absolute atomic E-state index is 12.2. The van der Waals surface area contributed by atoms with Crippen molar-refractivity contribution in [1.29, 1.82) is 0 Å². The fourth-order valence-electron chi connectivity index (χ4n) is 1.20. The first-order chi connectivity index (χ1) is 9.14. The van der Waals surface area contributed by atoms with Crippen LogP contribution in [0, 0.1) is 11.8 Å². The molecule has 0 aliphatic heterocycles. The van der Waals surface area contributed by atoms with Crippen LogP contribution < -0.4 is 5.73 Å². The molecule has 0 fully saturated rings. The van der Waals surface area contributed by atoms with Crippen LogP contribution in [0.2, 0.25) is 0 Å². The lowest BCUT2D eigenvalue weighted by atomic mass is 10.3. The molecule has 0 bridgehead atoms. The Morgan fingerprint density at radius 3 is 2.25 bits per heavy atom. The van der Waals surface area contributed by atoms with E-state index in [0.717, 1.165) is 11.3 Å². The normalized spacial score (nSPS) is 12.4. The van der Waals surface area contributed by atoms with E-state index in [1.54, 1.807) is 0 Å². The summed E-state index contributed by atoms with van der Waals surface area (Å²) < 4.78 is 77.2. The molecule has 0 aromatic carbocycles. The van der Waals surface area contributed by atoms with Gasteiger partial charge in [0.2, 0.25) is 6.10 Å². The maximum atomic E-state index is 12.2. The SMILES string of the molecule is NCC#Cc1ccc(COC(C(F)(F)F)C(F)(F)F)s1. The molecule has 0 spiro atoms. The number of hydrogen-bond donors (Lipinski definition) is 1. The van der Waals surface area contributed by atoms with E-state index in [9.17, 15) is 26.3 Å². The number of hydrogen-bond acceptors (Lipinski definition) is 3. The molecule has 0 amide bonds. The van der Waals surface area contributed by atoms with Crippen LogP contribution in [-0.4, -0.2) is 25.0 Å². The van der Waals surface area contributed by atoms with Gasteiger partial charge < -0.3 is 10.5 Å². The van der Waals surface area contributed by atoms with E-state index in [4.69, 9.17) is 5.73 Å². The Hall–Kier alpha value is -1.24. The van der Waals surface area contributed by atoms with E-state index in [-0.39, 0.29) is 11.4 Å². The summed E-state index contributed by atoms with van der Waals surface area (Å²) in [6.45, 7) is -0.688. The van der Waals surface area contributed by atoms with Crippen molar-refractivity contribution in [2.24, 2.45) is 5.73 Å². The fraction of sp³-hybridized carbons (Fsp3) is 0.455. The molecule has 20 heavy (non-hydrogen) atoms. The van der Waals surface area contributed by atoms with E-state index in [1.807, 2.05) is 0 Å². The van der Waals surface area contributed by atoms with Gasteiger partial charge in [0, 0.05) is 4.88 Å². The summed E-state index contributed by atoms with van der Waals surface area (Å²) >= 11 is 0.947. The fourth-order valence-corrected chi connectivity index (χ4v) is 2.01. The van der Waals surface area contributed by atoms with E-state index in [1.165, 1.54) is 12.1 Å². The highest BCUT2D eigenvalue weighted by molar-refractivity contribution is 7.12. The largest absolute Gasteiger partial charge is 0.423 e. The first kappa shape index (κ1) is 16.8. The monoisotopic (exact) mass is 317 g/mol. The van der Waals surface area contributed by atoms with Gasteiger partial charge in [0.1, 0.15) is 0 Å². The summed E-state index contributed by atoms with van der Waals surface area (Å²) in [6, 6.07) is 2.83. The zero-order valence-corrected chi connectivity index (χ0v) is 10.6. The van der Waals surface area contributed by atoms with Gasteiger partial charge >= 0.3 is 12.4 Å². The van der Waals surface area contributed by atoms with Gasteiger partial charge in [0.05, 0.1) is 18.0 Å². The number of nitrogens with two attached hydrogens (primary N) is 1. The number of ether oxygens (including phenoxy) is 1. The first-order valence-electron chi connectivity index (χ1n) is 5.17. The van der Waals surface area contributed by atoms with Crippen molar-refractivity contribution in [2.45, 2.75) is 25.1 Å². The Kier molecular flexibility index (Phi) is 5.44. The molecule has 0 saturated carbocycles. The van der Waals surface area contributed by atoms with E-state index in [2.05, 4.69) is 16.6 Å². The molecule has 0 aliphatic carbocycles. The molecule has 1 aromatic rings. The summed E-state index contributed by atoms with van der Waals surface area (Å²) in [5.41, 5.74) is 5.13. The van der Waals surface area contributed by atoms with E-state index >= 15 is 0 Å². The second-order valence-electron chi connectivity index (χ2n) is 3.55. The molecule has 0 radical (unpaired) electrons. The minimum Gasteiger partial charge on any atom is -0.355 e. The van der Waals surface area contributed by atoms with Crippen LogP contribution in [0.5, 0.6) is 0 Å². The van der Waals surface area contributed by atoms with Crippen LogP contribution >= 0.6 is 11.3 Å². The minimum atomic E-state index is -5.50. The first-order valence-corrected chi connectivity index (χ1v) is 5.99. The molecule has 0 atom stereocenters. The van der Waals surface area contributed by atoms with Crippen molar-refractivity contribution >= 4 is 11.3 Å². The van der Waals surface area contributed by atoms with Crippen LogP contribution in [0.1, 0.15) is 9.75 Å². The van der Waals surface area contributed by atoms with Crippen molar-refractivity contribution in [3.05, 3.63) is 21.9 Å². The molecule has 2 N–H and O–H groups in total. The van der Waals surface area contributed by atoms with Crippen LogP contribution in [0.25, 0.3) is 0 Å². The summed E-state index contributed by atoms with van der Waals surface area (Å²) in [4.78, 5) is 0.703. The van der Waals surface area contributed by atoms with E-state index in [0.29, 0.717) is 4.88 Å². The van der Waals surface area contributed by atoms with Gasteiger partial charge in [-0.05, 0) is 12.1 Å². The van der Waals surface area contributed by atoms with Gasteiger partial charge in [-0.2, -0.15) is 26.3 Å². The lowest BCUT2D eigenvalue weighted by molar-refractivity contribution is -0.324. The smallest absolute Gasteiger partial charge is 0.355 e. The molecule has 9 heteroatoms. The van der Waals surface area contributed by atoms with Crippen molar-refractivity contribution in [3.63, 3.8) is 0 Å². The third kappa shape index (κ3) is 5.03. The predicted molar refractivity (Wildman–Crippen MR) is 60.9 cm³/mol. The van der Waals surface area contributed by atoms with Gasteiger partial charge in [0.25, 0.3) is 0 Å². The van der Waals surface area contributed by atoms with Gasteiger partial charge in [-0.3, -0.25) is 0 Å². The third-order valence-electron chi connectivity index (χ3n) is 1.96. The minimum absolute atomic E-state index is 0.105. The highest BCUT2D eigenvalue weighted by Gasteiger charge is 2.57. The standard InChI is InChI=1S/C11H9F6NOS/c12-10(13,14)9(11(15,16)17)19-6-8-4-3-7(20-8)2-1-5-18/h3-4,9H,5-6,18H2. The molecular weight excluding hydrogens is 308 g/mol. The van der Waals surface area contributed by atoms with Crippen LogP contribution in [0.4, 0.5) is 26.3 Å². The van der Waals surface area contributed by atoms with Crippen molar-refractivity contribution < 1.29 is 31.1 Å². The molecule has 1 rings (SSSR count). The highest BCUT2D eigenvalue weighted by atomic mass is 32.1. The molecule has 112 valence electrons.